The lowest BCUT2D eigenvalue weighted by Crippen LogP contribution is -1.88. The highest BCUT2D eigenvalue weighted by atomic mass is 14.9. The maximum absolute atomic E-state index is 4.64. The third-order valence-electron chi connectivity index (χ3n) is 3.18. The summed E-state index contributed by atoms with van der Waals surface area (Å²) in [6, 6.07) is 6.34. The van der Waals surface area contributed by atoms with Crippen LogP contribution in [0.1, 0.15) is 43.3 Å². The van der Waals surface area contributed by atoms with Gasteiger partial charge in [0.1, 0.15) is 5.82 Å². The molecule has 0 atom stereocenters. The monoisotopic (exact) mass is 244 g/mol. The number of aromatic amines is 1. The van der Waals surface area contributed by atoms with Crippen molar-refractivity contribution in [2.24, 2.45) is 0 Å². The van der Waals surface area contributed by atoms with Crippen LogP contribution in [0.4, 0.5) is 0 Å². The van der Waals surface area contributed by atoms with Gasteiger partial charge < -0.3 is 4.98 Å². The van der Waals surface area contributed by atoms with Crippen LogP contribution in [0, 0.1) is 20.8 Å². The summed E-state index contributed by atoms with van der Waals surface area (Å²) in [5.41, 5.74) is 6.17. The molecule has 2 rings (SSSR count). The maximum Gasteiger partial charge on any atom is 0.138 e. The quantitative estimate of drug-likeness (QED) is 0.822. The summed E-state index contributed by atoms with van der Waals surface area (Å²) < 4.78 is 0. The molecule has 0 bridgehead atoms. The van der Waals surface area contributed by atoms with E-state index in [-0.39, 0.29) is 0 Å². The number of benzene rings is 1. The molecule has 0 unspecified atom stereocenters. The molecule has 0 aliphatic heterocycles. The molecule has 0 aliphatic rings. The third-order valence-corrected chi connectivity index (χ3v) is 3.18. The first kappa shape index (κ1) is 14.5. The Hall–Kier alpha value is -1.57. The topological polar surface area (TPSA) is 28.7 Å². The minimum atomic E-state index is 0.979. The van der Waals surface area contributed by atoms with Gasteiger partial charge in [-0.15, -0.1) is 0 Å². The van der Waals surface area contributed by atoms with E-state index < -0.39 is 0 Å². The highest BCUT2D eigenvalue weighted by molar-refractivity contribution is 5.62. The molecule has 2 nitrogen and oxygen atoms in total. The molecule has 0 saturated heterocycles. The molecule has 0 aliphatic carbocycles. The van der Waals surface area contributed by atoms with Crippen LogP contribution in [0.5, 0.6) is 0 Å². The standard InChI is InChI=1S/C14H18N2.C2H6/c1-5-13-11(4)15-14(16-13)12-8-6-7-9(2)10(12)3;1-2/h6-8H,5H2,1-4H3,(H,15,16);1-2H3. The summed E-state index contributed by atoms with van der Waals surface area (Å²) in [4.78, 5) is 8.01. The van der Waals surface area contributed by atoms with Gasteiger partial charge in [0.05, 0.1) is 5.69 Å². The zero-order valence-electron chi connectivity index (χ0n) is 12.4. The van der Waals surface area contributed by atoms with E-state index >= 15 is 0 Å². The van der Waals surface area contributed by atoms with Crippen molar-refractivity contribution in [3.63, 3.8) is 0 Å². The van der Waals surface area contributed by atoms with Gasteiger partial charge >= 0.3 is 0 Å². The van der Waals surface area contributed by atoms with Crippen LogP contribution >= 0.6 is 0 Å². The molecule has 2 heteroatoms. The third kappa shape index (κ3) is 2.81. The largest absolute Gasteiger partial charge is 0.342 e. The van der Waals surface area contributed by atoms with E-state index in [1.165, 1.54) is 22.4 Å². The van der Waals surface area contributed by atoms with Crippen molar-refractivity contribution < 1.29 is 0 Å². The van der Waals surface area contributed by atoms with Crippen molar-refractivity contribution >= 4 is 0 Å². The highest BCUT2D eigenvalue weighted by Crippen LogP contribution is 2.24. The Labute approximate surface area is 110 Å². The minimum Gasteiger partial charge on any atom is -0.342 e. The molecule has 1 heterocycles. The lowest BCUT2D eigenvalue weighted by Gasteiger charge is -2.05. The van der Waals surface area contributed by atoms with Crippen molar-refractivity contribution in [1.29, 1.82) is 0 Å². The van der Waals surface area contributed by atoms with Gasteiger partial charge in [0.25, 0.3) is 0 Å². The van der Waals surface area contributed by atoms with Crippen molar-refractivity contribution in [2.45, 2.75) is 48.0 Å². The second-order valence-corrected chi connectivity index (χ2v) is 4.26. The predicted molar refractivity (Wildman–Crippen MR) is 79.0 cm³/mol. The predicted octanol–water partition coefficient (Wildman–Crippen LogP) is 4.59. The molecule has 98 valence electrons. The first-order valence-electron chi connectivity index (χ1n) is 6.75. The highest BCUT2D eigenvalue weighted by Gasteiger charge is 2.09. The molecule has 1 aromatic carbocycles. The van der Waals surface area contributed by atoms with E-state index in [1.807, 2.05) is 13.8 Å². The number of imidazole rings is 1. The zero-order valence-corrected chi connectivity index (χ0v) is 12.4. The van der Waals surface area contributed by atoms with Crippen LogP contribution in [0.15, 0.2) is 18.2 Å². The van der Waals surface area contributed by atoms with Gasteiger partial charge in [-0.3, -0.25) is 0 Å². The Morgan fingerprint density at radius 3 is 2.33 bits per heavy atom. The van der Waals surface area contributed by atoms with E-state index in [9.17, 15) is 0 Å². The van der Waals surface area contributed by atoms with Crippen molar-refractivity contribution in [3.8, 4) is 11.4 Å². The summed E-state index contributed by atoms with van der Waals surface area (Å²) >= 11 is 0. The number of hydrogen-bond acceptors (Lipinski definition) is 1. The molecule has 0 fully saturated rings. The number of hydrogen-bond donors (Lipinski definition) is 1. The van der Waals surface area contributed by atoms with Crippen LogP contribution in [0.3, 0.4) is 0 Å². The fourth-order valence-corrected chi connectivity index (χ4v) is 1.98. The molecule has 0 radical (unpaired) electrons. The van der Waals surface area contributed by atoms with Gasteiger partial charge in [-0.25, -0.2) is 4.98 Å². The summed E-state index contributed by atoms with van der Waals surface area (Å²) in [5, 5.41) is 0. The van der Waals surface area contributed by atoms with Crippen LogP contribution in [-0.2, 0) is 6.42 Å². The number of H-pyrrole nitrogens is 1. The Morgan fingerprint density at radius 1 is 1.11 bits per heavy atom. The SMILES string of the molecule is CC.CCc1nc(-c2cccc(C)c2C)[nH]c1C. The second-order valence-electron chi connectivity index (χ2n) is 4.26. The normalized spacial score (nSPS) is 9.89. The molecule has 18 heavy (non-hydrogen) atoms. The molecular formula is C16H24N2. The average Bonchev–Trinajstić information content (AvgIpc) is 2.76. The van der Waals surface area contributed by atoms with Gasteiger partial charge in [0, 0.05) is 11.3 Å². The first-order valence-corrected chi connectivity index (χ1v) is 6.75. The van der Waals surface area contributed by atoms with Gasteiger partial charge in [-0.1, -0.05) is 39.0 Å². The Balaban J connectivity index is 0.000000771. The van der Waals surface area contributed by atoms with Crippen molar-refractivity contribution in [3.05, 3.63) is 40.7 Å². The first-order chi connectivity index (χ1) is 8.63. The van der Waals surface area contributed by atoms with E-state index in [4.69, 9.17) is 0 Å². The average molecular weight is 244 g/mol. The Kier molecular flexibility index (Phi) is 5.14. The number of nitrogens with one attached hydrogen (secondary N) is 1. The molecule has 1 N–H and O–H groups in total. The Bertz CT molecular complexity index is 510. The fraction of sp³-hybridized carbons (Fsp3) is 0.438. The van der Waals surface area contributed by atoms with Gasteiger partial charge in [-0.2, -0.15) is 0 Å². The molecule has 0 spiro atoms. The fourth-order valence-electron chi connectivity index (χ4n) is 1.98. The summed E-state index contributed by atoms with van der Waals surface area (Å²) in [6.07, 6.45) is 0.979. The second kappa shape index (κ2) is 6.39. The van der Waals surface area contributed by atoms with Crippen LogP contribution in [-0.4, -0.2) is 9.97 Å². The van der Waals surface area contributed by atoms with Crippen molar-refractivity contribution in [2.75, 3.05) is 0 Å². The van der Waals surface area contributed by atoms with E-state index in [1.54, 1.807) is 0 Å². The lowest BCUT2D eigenvalue weighted by molar-refractivity contribution is 1.04. The van der Waals surface area contributed by atoms with E-state index in [0.717, 1.165) is 17.9 Å². The molecule has 1 aromatic heterocycles. The summed E-state index contributed by atoms with van der Waals surface area (Å²) in [5.74, 6) is 0.996. The number of aromatic nitrogens is 2. The summed E-state index contributed by atoms with van der Waals surface area (Å²) in [7, 11) is 0. The number of nitrogens with zero attached hydrogens (tertiary/aromatic N) is 1. The van der Waals surface area contributed by atoms with E-state index in [0.29, 0.717) is 0 Å². The van der Waals surface area contributed by atoms with Crippen LogP contribution < -0.4 is 0 Å². The van der Waals surface area contributed by atoms with Crippen molar-refractivity contribution in [1.82, 2.24) is 9.97 Å². The number of aryl methyl sites for hydroxylation is 3. The van der Waals surface area contributed by atoms with E-state index in [2.05, 4.69) is 55.9 Å². The molecule has 0 amide bonds. The lowest BCUT2D eigenvalue weighted by atomic mass is 10.0. The van der Waals surface area contributed by atoms with Crippen LogP contribution in [0.2, 0.25) is 0 Å². The molecule has 2 aromatic rings. The molecule has 0 saturated carbocycles. The smallest absolute Gasteiger partial charge is 0.138 e. The summed E-state index contributed by atoms with van der Waals surface area (Å²) in [6.45, 7) is 12.5. The van der Waals surface area contributed by atoms with Gasteiger partial charge in [0.2, 0.25) is 0 Å². The van der Waals surface area contributed by atoms with Crippen LogP contribution in [0.25, 0.3) is 11.4 Å². The minimum absolute atomic E-state index is 0.979. The van der Waals surface area contributed by atoms with Gasteiger partial charge in [0.15, 0.2) is 0 Å². The molecular weight excluding hydrogens is 220 g/mol. The van der Waals surface area contributed by atoms with Gasteiger partial charge in [-0.05, 0) is 38.3 Å². The number of rotatable bonds is 2. The zero-order chi connectivity index (χ0) is 13.7. The Morgan fingerprint density at radius 2 is 1.78 bits per heavy atom. The maximum atomic E-state index is 4.64.